The molecular formula is C28H30N4V. The fourth-order valence-electron chi connectivity index (χ4n) is 4.94. The molecule has 0 saturated carbocycles. The van der Waals surface area contributed by atoms with Gasteiger partial charge in [-0.2, -0.15) is 0 Å². The van der Waals surface area contributed by atoms with Gasteiger partial charge in [-0.3, -0.25) is 0 Å². The van der Waals surface area contributed by atoms with Crippen molar-refractivity contribution in [1.29, 1.82) is 0 Å². The second-order valence-corrected chi connectivity index (χ2v) is 8.42. The van der Waals surface area contributed by atoms with Gasteiger partial charge in [-0.25, -0.2) is 9.97 Å². The van der Waals surface area contributed by atoms with Gasteiger partial charge in [0.05, 0.1) is 22.8 Å². The van der Waals surface area contributed by atoms with Crippen LogP contribution in [0, 0.1) is 0 Å². The average Bonchev–Trinajstić information content (AvgIpc) is 3.56. The molecule has 0 unspecified atom stereocenters. The zero-order valence-corrected chi connectivity index (χ0v) is 21.2. The Morgan fingerprint density at radius 3 is 1.94 bits per heavy atom. The number of nitrogens with zero attached hydrogens (tertiary/aromatic N) is 2. The number of fused-ring (bicyclic) bond motifs is 8. The van der Waals surface area contributed by atoms with E-state index in [-0.39, 0.29) is 18.6 Å². The Hall–Kier alpha value is -2.82. The smallest absolute Gasteiger partial charge is 0.0722 e. The fraction of sp³-hybridized carbons (Fsp3) is 0.286. The van der Waals surface area contributed by atoms with Gasteiger partial charge in [0.1, 0.15) is 0 Å². The summed E-state index contributed by atoms with van der Waals surface area (Å²) < 4.78 is 0. The number of aromatic nitrogens is 4. The van der Waals surface area contributed by atoms with Crippen LogP contribution in [-0.2, 0) is 37.8 Å². The number of allylic oxidation sites excluding steroid dienone is 1. The second-order valence-electron chi connectivity index (χ2n) is 8.42. The Balaban J connectivity index is 0.00000259. The second kappa shape index (κ2) is 9.58. The van der Waals surface area contributed by atoms with Crippen LogP contribution < -0.4 is 0 Å². The van der Waals surface area contributed by atoms with Crippen molar-refractivity contribution in [3.8, 4) is 0 Å². The van der Waals surface area contributed by atoms with Crippen molar-refractivity contribution in [3.63, 3.8) is 0 Å². The molecule has 5 heteroatoms. The first-order valence-corrected chi connectivity index (χ1v) is 11.8. The predicted molar refractivity (Wildman–Crippen MR) is 136 cm³/mol. The van der Waals surface area contributed by atoms with E-state index >= 15 is 0 Å². The Bertz CT molecular complexity index is 1420. The van der Waals surface area contributed by atoms with Crippen molar-refractivity contribution in [2.45, 2.75) is 53.4 Å². The molecular weight excluding hydrogens is 443 g/mol. The topological polar surface area (TPSA) is 57.4 Å². The zero-order valence-electron chi connectivity index (χ0n) is 19.8. The first-order chi connectivity index (χ1) is 15.6. The molecule has 2 N–H and O–H groups in total. The molecule has 4 nitrogen and oxygen atoms in total. The van der Waals surface area contributed by atoms with Gasteiger partial charge in [0.25, 0.3) is 0 Å². The summed E-state index contributed by atoms with van der Waals surface area (Å²) in [7, 11) is 0. The Kier molecular flexibility index (Phi) is 6.78. The largest absolute Gasteiger partial charge is 0.355 e. The maximum Gasteiger partial charge on any atom is 0.0722 e. The van der Waals surface area contributed by atoms with Crippen LogP contribution in [-0.4, -0.2) is 19.9 Å². The standard InChI is InChI=1S/C28H30N4.V/c1-5-17-13-22-15-20-10-9-18(29-20)14-19-11-12-21(30-19)16-26-23(6-2)24(7-3)28(32-26)25(8-4)27(17)31-22;/h9-16,29,32H,5-8H2,1-4H3;. The summed E-state index contributed by atoms with van der Waals surface area (Å²) in [6.45, 7) is 8.94. The molecule has 0 saturated heterocycles. The molecule has 5 rings (SSSR count). The number of nitrogens with one attached hydrogen (secondary N) is 2. The van der Waals surface area contributed by atoms with Gasteiger partial charge in [0.15, 0.2) is 0 Å². The van der Waals surface area contributed by atoms with Crippen LogP contribution in [0.4, 0.5) is 0 Å². The van der Waals surface area contributed by atoms with Crippen molar-refractivity contribution >= 4 is 45.9 Å². The summed E-state index contributed by atoms with van der Waals surface area (Å²) in [5.74, 6) is 0. The summed E-state index contributed by atoms with van der Waals surface area (Å²) in [4.78, 5) is 17.2. The number of H-pyrrole nitrogens is 2. The minimum atomic E-state index is 0. The van der Waals surface area contributed by atoms with E-state index < -0.39 is 0 Å². The maximum absolute atomic E-state index is 5.11. The SMILES string of the molecule is CCC1=Cc2cc3ccc(cc4nc(cc5[nH]c(c(CC)c1n2)c(CC)c5CC)C=C4)[nH]3.[V]. The first kappa shape index (κ1) is 23.3. The monoisotopic (exact) mass is 473 g/mol. The Morgan fingerprint density at radius 2 is 1.30 bits per heavy atom. The molecule has 1 radical (unpaired) electrons. The molecule has 0 aliphatic carbocycles. The molecule has 2 aliphatic heterocycles. The molecule has 5 heterocycles. The molecule has 0 aromatic carbocycles. The van der Waals surface area contributed by atoms with Crippen molar-refractivity contribution < 1.29 is 18.6 Å². The predicted octanol–water partition coefficient (Wildman–Crippen LogP) is 7.12. The van der Waals surface area contributed by atoms with Crippen LogP contribution in [0.1, 0.15) is 73.6 Å². The van der Waals surface area contributed by atoms with Gasteiger partial charge in [0.2, 0.25) is 0 Å². The molecule has 33 heavy (non-hydrogen) atoms. The van der Waals surface area contributed by atoms with Gasteiger partial charge >= 0.3 is 0 Å². The van der Waals surface area contributed by atoms with E-state index in [1.807, 2.05) is 0 Å². The van der Waals surface area contributed by atoms with Gasteiger partial charge in [-0.05, 0) is 90.9 Å². The van der Waals surface area contributed by atoms with Crippen LogP contribution >= 0.6 is 0 Å². The van der Waals surface area contributed by atoms with E-state index in [9.17, 15) is 0 Å². The summed E-state index contributed by atoms with van der Waals surface area (Å²) in [6.07, 6.45) is 10.3. The van der Waals surface area contributed by atoms with Crippen LogP contribution in [0.15, 0.2) is 30.3 Å². The molecule has 0 atom stereocenters. The third kappa shape index (κ3) is 4.26. The molecule has 8 bridgehead atoms. The number of rotatable bonds is 4. The molecule has 3 aromatic rings. The summed E-state index contributed by atoms with van der Waals surface area (Å²) in [5.41, 5.74) is 14.0. The van der Waals surface area contributed by atoms with E-state index in [4.69, 9.17) is 9.97 Å². The van der Waals surface area contributed by atoms with E-state index in [1.54, 1.807) is 0 Å². The first-order valence-electron chi connectivity index (χ1n) is 11.8. The number of aromatic amines is 2. The summed E-state index contributed by atoms with van der Waals surface area (Å²) in [5, 5.41) is 0. The number of aryl methyl sites for hydroxylation is 3. The van der Waals surface area contributed by atoms with Crippen molar-refractivity contribution in [1.82, 2.24) is 19.9 Å². The van der Waals surface area contributed by atoms with Gasteiger partial charge in [0, 0.05) is 46.2 Å². The van der Waals surface area contributed by atoms with Crippen LogP contribution in [0.5, 0.6) is 0 Å². The maximum atomic E-state index is 5.11. The average molecular weight is 474 g/mol. The van der Waals surface area contributed by atoms with Crippen molar-refractivity contribution in [2.75, 3.05) is 0 Å². The van der Waals surface area contributed by atoms with Gasteiger partial charge < -0.3 is 9.97 Å². The minimum absolute atomic E-state index is 0. The molecule has 0 fully saturated rings. The molecule has 2 aliphatic rings. The van der Waals surface area contributed by atoms with Gasteiger partial charge in [-0.1, -0.05) is 27.7 Å². The number of hydrogen-bond acceptors (Lipinski definition) is 2. The molecule has 167 valence electrons. The molecule has 3 aromatic heterocycles. The Labute approximate surface area is 207 Å². The van der Waals surface area contributed by atoms with Crippen LogP contribution in [0.2, 0.25) is 0 Å². The van der Waals surface area contributed by atoms with Crippen LogP contribution in [0.3, 0.4) is 0 Å². The molecule has 0 spiro atoms. The number of hydrogen-bond donors (Lipinski definition) is 2. The fourth-order valence-corrected chi connectivity index (χ4v) is 4.94. The van der Waals surface area contributed by atoms with E-state index in [0.717, 1.165) is 59.5 Å². The Morgan fingerprint density at radius 1 is 0.667 bits per heavy atom. The van der Waals surface area contributed by atoms with Gasteiger partial charge in [-0.15, -0.1) is 0 Å². The van der Waals surface area contributed by atoms with E-state index in [2.05, 4.69) is 86.2 Å². The minimum Gasteiger partial charge on any atom is -0.355 e. The third-order valence-corrected chi connectivity index (χ3v) is 6.46. The van der Waals surface area contributed by atoms with Crippen LogP contribution in [0.25, 0.3) is 45.9 Å². The molecule has 0 amide bonds. The van der Waals surface area contributed by atoms with Crippen molar-refractivity contribution in [2.24, 2.45) is 0 Å². The third-order valence-electron chi connectivity index (χ3n) is 6.46. The van der Waals surface area contributed by atoms with Crippen molar-refractivity contribution in [3.05, 3.63) is 69.8 Å². The van der Waals surface area contributed by atoms with E-state index in [0.29, 0.717) is 0 Å². The summed E-state index contributed by atoms with van der Waals surface area (Å²) in [6, 6.07) is 10.6. The summed E-state index contributed by atoms with van der Waals surface area (Å²) >= 11 is 0. The normalized spacial score (nSPS) is 12.5. The quantitative estimate of drug-likeness (QED) is 0.332. The zero-order chi connectivity index (χ0) is 22.2. The van der Waals surface area contributed by atoms with E-state index in [1.165, 1.54) is 33.3 Å².